The van der Waals surface area contributed by atoms with Crippen LogP contribution in [0, 0.1) is 0 Å². The lowest BCUT2D eigenvalue weighted by Crippen LogP contribution is -2.41. The minimum atomic E-state index is -0.594. The molecule has 10 nitrogen and oxygen atoms in total. The number of carbonyl (C=O) groups is 3. The first kappa shape index (κ1) is 38.5. The van der Waals surface area contributed by atoms with Crippen molar-refractivity contribution in [3.63, 3.8) is 0 Å². The number of benzene rings is 3. The van der Waals surface area contributed by atoms with Gasteiger partial charge in [0.15, 0.2) is 0 Å². The van der Waals surface area contributed by atoms with Crippen LogP contribution < -0.4 is 20.7 Å². The number of hydrogen-bond acceptors (Lipinski definition) is 7. The molecule has 0 aliphatic heterocycles. The second kappa shape index (κ2) is 17.1. The Labute approximate surface area is 297 Å². The molecule has 3 amide bonds. The zero-order chi connectivity index (χ0) is 36.5. The van der Waals surface area contributed by atoms with Gasteiger partial charge in [0, 0.05) is 25.2 Å². The van der Waals surface area contributed by atoms with Crippen LogP contribution in [0.3, 0.4) is 0 Å². The highest BCUT2D eigenvalue weighted by Crippen LogP contribution is 2.34. The monoisotopic (exact) mass is 688 g/mol. The van der Waals surface area contributed by atoms with Crippen molar-refractivity contribution in [2.45, 2.75) is 111 Å². The van der Waals surface area contributed by atoms with E-state index in [1.165, 1.54) is 21.9 Å². The van der Waals surface area contributed by atoms with E-state index in [0.717, 1.165) is 49.5 Å². The van der Waals surface area contributed by atoms with E-state index >= 15 is 0 Å². The molecule has 272 valence electrons. The highest BCUT2D eigenvalue weighted by molar-refractivity contribution is 6.10. The third-order valence-corrected chi connectivity index (χ3v) is 8.36. The van der Waals surface area contributed by atoms with E-state index in [4.69, 9.17) is 14.2 Å². The Morgan fingerprint density at radius 1 is 0.760 bits per heavy atom. The quantitative estimate of drug-likeness (QED) is 0.115. The average Bonchev–Trinajstić information content (AvgIpc) is 3.49. The highest BCUT2D eigenvalue weighted by atomic mass is 16.6. The van der Waals surface area contributed by atoms with Crippen LogP contribution in [0.1, 0.15) is 92.2 Å². The predicted molar refractivity (Wildman–Crippen MR) is 201 cm³/mol. The first-order valence-corrected chi connectivity index (χ1v) is 17.9. The van der Waals surface area contributed by atoms with E-state index in [1.807, 2.05) is 73.6 Å². The van der Waals surface area contributed by atoms with Gasteiger partial charge in [-0.25, -0.2) is 14.4 Å². The number of unbranched alkanes of at least 4 members (excludes halogenated alkanes) is 1. The fourth-order valence-corrected chi connectivity index (χ4v) is 5.92. The van der Waals surface area contributed by atoms with Crippen molar-refractivity contribution >= 4 is 45.9 Å². The summed E-state index contributed by atoms with van der Waals surface area (Å²) in [6.07, 6.45) is 6.92. The Kier molecular flexibility index (Phi) is 13.1. The summed E-state index contributed by atoms with van der Waals surface area (Å²) >= 11 is 0. The van der Waals surface area contributed by atoms with Crippen LogP contribution in [0.5, 0.6) is 5.75 Å². The Morgan fingerprint density at radius 3 is 2.08 bits per heavy atom. The van der Waals surface area contributed by atoms with Crippen LogP contribution in [0.4, 0.5) is 14.4 Å². The maximum atomic E-state index is 13.6. The van der Waals surface area contributed by atoms with E-state index in [1.54, 1.807) is 4.90 Å². The smallest absolute Gasteiger partial charge is 0.415 e. The number of nitrogens with zero attached hydrogens (tertiary/aromatic N) is 1. The maximum absolute atomic E-state index is 13.6. The van der Waals surface area contributed by atoms with E-state index in [0.29, 0.717) is 25.3 Å². The summed E-state index contributed by atoms with van der Waals surface area (Å²) in [5.41, 5.74) is 1.50. The fourth-order valence-electron chi connectivity index (χ4n) is 5.92. The molecule has 0 spiro atoms. The normalized spacial score (nSPS) is 13.8. The van der Waals surface area contributed by atoms with Crippen molar-refractivity contribution in [2.24, 2.45) is 0 Å². The number of carbonyl (C=O) groups excluding carboxylic acids is 3. The number of nitrogens with one attached hydrogen (secondary N) is 3. The Balaban J connectivity index is 1.32. The Bertz CT molecular complexity index is 1670. The van der Waals surface area contributed by atoms with Crippen LogP contribution in [0.2, 0.25) is 0 Å². The van der Waals surface area contributed by atoms with E-state index in [2.05, 4.69) is 52.4 Å². The first-order chi connectivity index (χ1) is 23.6. The molecule has 2 unspecified atom stereocenters. The maximum Gasteiger partial charge on any atom is 0.415 e. The molecule has 0 saturated heterocycles. The lowest BCUT2D eigenvalue weighted by atomic mass is 9.96. The van der Waals surface area contributed by atoms with Crippen LogP contribution in [0.15, 0.2) is 48.5 Å². The SMILES string of the molecule is CC(CCNCCCCN(CCC(C)NC(=O)OC(C)(C)C)C(=O)Oc1ccc2c(ccc3c4c(ccc32)C=CC4)c1)NC(=O)OC(C)(C)C. The third kappa shape index (κ3) is 11.9. The second-order valence-electron chi connectivity index (χ2n) is 15.3. The molecule has 2 atom stereocenters. The van der Waals surface area contributed by atoms with Gasteiger partial charge in [-0.2, -0.15) is 0 Å². The van der Waals surface area contributed by atoms with Gasteiger partial charge in [0.1, 0.15) is 17.0 Å². The fraction of sp³-hybridized carbons (Fsp3) is 0.525. The number of allylic oxidation sites excluding steroid dienone is 1. The van der Waals surface area contributed by atoms with Gasteiger partial charge in [-0.15, -0.1) is 0 Å². The van der Waals surface area contributed by atoms with Crippen LogP contribution in [-0.2, 0) is 15.9 Å². The molecule has 10 heteroatoms. The van der Waals surface area contributed by atoms with E-state index < -0.39 is 29.5 Å². The van der Waals surface area contributed by atoms with Gasteiger partial charge in [0.2, 0.25) is 0 Å². The van der Waals surface area contributed by atoms with Crippen molar-refractivity contribution < 1.29 is 28.6 Å². The molecule has 0 heterocycles. The molecule has 3 N–H and O–H groups in total. The number of fused-ring (bicyclic) bond motifs is 5. The molecule has 0 bridgehead atoms. The Morgan fingerprint density at radius 2 is 1.40 bits per heavy atom. The lowest BCUT2D eigenvalue weighted by molar-refractivity contribution is 0.0492. The number of hydrogen-bond donors (Lipinski definition) is 3. The van der Waals surface area contributed by atoms with Gasteiger partial charge in [-0.05, 0) is 145 Å². The van der Waals surface area contributed by atoms with Crippen molar-refractivity contribution in [3.8, 4) is 5.75 Å². The van der Waals surface area contributed by atoms with Crippen LogP contribution in [0.25, 0.3) is 27.6 Å². The summed E-state index contributed by atoms with van der Waals surface area (Å²) in [6.45, 7) is 17.3. The van der Waals surface area contributed by atoms with Crippen molar-refractivity contribution in [1.82, 2.24) is 20.9 Å². The minimum Gasteiger partial charge on any atom is -0.444 e. The molecule has 1 aliphatic carbocycles. The molecule has 50 heavy (non-hydrogen) atoms. The van der Waals surface area contributed by atoms with Crippen molar-refractivity contribution in [3.05, 3.63) is 59.7 Å². The summed E-state index contributed by atoms with van der Waals surface area (Å²) in [6, 6.07) is 14.2. The summed E-state index contributed by atoms with van der Waals surface area (Å²) in [5.74, 6) is 0.491. The van der Waals surface area contributed by atoms with Crippen LogP contribution in [-0.4, -0.2) is 72.6 Å². The number of alkyl carbamates (subject to hydrolysis) is 2. The zero-order valence-electron chi connectivity index (χ0n) is 31.1. The van der Waals surface area contributed by atoms with E-state index in [9.17, 15) is 14.4 Å². The molecule has 0 saturated carbocycles. The van der Waals surface area contributed by atoms with Gasteiger partial charge in [0.05, 0.1) is 0 Å². The van der Waals surface area contributed by atoms with Gasteiger partial charge in [0.25, 0.3) is 0 Å². The van der Waals surface area contributed by atoms with Gasteiger partial charge < -0.3 is 35.1 Å². The Hall–Kier alpha value is -4.31. The summed E-state index contributed by atoms with van der Waals surface area (Å²) < 4.78 is 16.7. The van der Waals surface area contributed by atoms with E-state index in [-0.39, 0.29) is 12.1 Å². The number of rotatable bonds is 14. The predicted octanol–water partition coefficient (Wildman–Crippen LogP) is 8.34. The molecular formula is C40H56N4O6. The van der Waals surface area contributed by atoms with Gasteiger partial charge >= 0.3 is 18.3 Å². The molecule has 4 rings (SSSR count). The second-order valence-corrected chi connectivity index (χ2v) is 15.3. The zero-order valence-corrected chi connectivity index (χ0v) is 31.1. The molecule has 0 fully saturated rings. The van der Waals surface area contributed by atoms with Gasteiger partial charge in [-0.1, -0.05) is 42.5 Å². The molecule has 1 aliphatic rings. The molecule has 0 radical (unpaired) electrons. The highest BCUT2D eigenvalue weighted by Gasteiger charge is 2.21. The summed E-state index contributed by atoms with van der Waals surface area (Å²) in [4.78, 5) is 39.6. The topological polar surface area (TPSA) is 118 Å². The van der Waals surface area contributed by atoms with Gasteiger partial charge in [-0.3, -0.25) is 0 Å². The number of amides is 3. The number of ether oxygens (including phenoxy) is 3. The molecule has 3 aromatic carbocycles. The minimum absolute atomic E-state index is 0.0225. The first-order valence-electron chi connectivity index (χ1n) is 17.9. The largest absolute Gasteiger partial charge is 0.444 e. The average molecular weight is 689 g/mol. The molecule has 0 aromatic heterocycles. The molecular weight excluding hydrogens is 632 g/mol. The summed E-state index contributed by atoms with van der Waals surface area (Å²) in [7, 11) is 0. The lowest BCUT2D eigenvalue weighted by Gasteiger charge is -2.25. The summed E-state index contributed by atoms with van der Waals surface area (Å²) in [5, 5.41) is 13.7. The van der Waals surface area contributed by atoms with Crippen molar-refractivity contribution in [1.29, 1.82) is 0 Å². The van der Waals surface area contributed by atoms with Crippen molar-refractivity contribution in [2.75, 3.05) is 26.2 Å². The van der Waals surface area contributed by atoms with Crippen LogP contribution >= 0.6 is 0 Å². The third-order valence-electron chi connectivity index (χ3n) is 8.36. The molecule has 3 aromatic rings. The standard InChI is InChI=1S/C40H56N4O6/c1-27(42-36(45)49-39(3,4)5)20-23-41-22-9-10-24-44(25-21-28(2)43-37(46)50-40(6,7)8)38(47)48-31-16-19-33-30(26-31)15-18-34-32-13-11-12-29(32)14-17-35(33)34/h11-12,14-19,26-28,41H,9-10,13,20-25H2,1-8H3,(H,42,45)(H,43,46).